The van der Waals surface area contributed by atoms with Crippen molar-refractivity contribution in [3.63, 3.8) is 0 Å². The topological polar surface area (TPSA) is 73.0 Å². The van der Waals surface area contributed by atoms with Crippen molar-refractivity contribution >= 4 is 5.69 Å². The minimum Gasteiger partial charge on any atom is -0.309 e. The zero-order valence-corrected chi connectivity index (χ0v) is 9.97. The van der Waals surface area contributed by atoms with Crippen molar-refractivity contribution in [3.8, 4) is 11.1 Å². The van der Waals surface area contributed by atoms with E-state index >= 15 is 0 Å². The molecule has 0 bridgehead atoms. The molecule has 1 aliphatic rings. The Morgan fingerprint density at radius 2 is 2.26 bits per heavy atom. The Morgan fingerprint density at radius 1 is 1.42 bits per heavy atom. The summed E-state index contributed by atoms with van der Waals surface area (Å²) in [7, 11) is 0. The number of rotatable bonds is 2. The van der Waals surface area contributed by atoms with Crippen molar-refractivity contribution in [1.29, 1.82) is 0 Å². The molecule has 2 heterocycles. The Bertz CT molecular complexity index is 653. The first-order chi connectivity index (χ1) is 9.16. The lowest BCUT2D eigenvalue weighted by Crippen LogP contribution is -2.28. The Kier molecular flexibility index (Phi) is 2.75. The Morgan fingerprint density at radius 3 is 3.05 bits per heavy atom. The molecule has 0 saturated carbocycles. The molecule has 0 radical (unpaired) electrons. The number of halogens is 1. The lowest BCUT2D eigenvalue weighted by Gasteiger charge is -2.16. The average molecular weight is 262 g/mol. The van der Waals surface area contributed by atoms with Crippen LogP contribution >= 0.6 is 0 Å². The summed E-state index contributed by atoms with van der Waals surface area (Å²) >= 11 is 0. The van der Waals surface area contributed by atoms with E-state index in [4.69, 9.17) is 0 Å². The molecule has 0 unspecified atom stereocenters. The van der Waals surface area contributed by atoms with Crippen LogP contribution < -0.4 is 5.32 Å². The smallest absolute Gasteiger partial charge is 0.280 e. The molecule has 1 N–H and O–H groups in total. The summed E-state index contributed by atoms with van der Waals surface area (Å²) in [5.74, 6) is -0.616. The number of nitro benzene ring substituents is 1. The number of benzene rings is 1. The third-order valence-corrected chi connectivity index (χ3v) is 3.19. The molecule has 0 fully saturated rings. The maximum atomic E-state index is 13.2. The van der Waals surface area contributed by atoms with Crippen LogP contribution in [0, 0.1) is 15.9 Å². The van der Waals surface area contributed by atoms with Gasteiger partial charge in [0.1, 0.15) is 5.82 Å². The van der Waals surface area contributed by atoms with Gasteiger partial charge in [-0.05, 0) is 12.1 Å². The molecule has 0 spiro atoms. The Hall–Kier alpha value is -2.28. The Labute approximate surface area is 108 Å². The summed E-state index contributed by atoms with van der Waals surface area (Å²) in [5.41, 5.74) is 1.73. The van der Waals surface area contributed by atoms with Crippen LogP contribution in [0.3, 0.4) is 0 Å². The number of nitrogens with one attached hydrogen (secondary N) is 1. The van der Waals surface area contributed by atoms with E-state index in [0.717, 1.165) is 24.8 Å². The normalized spacial score (nSPS) is 14.2. The van der Waals surface area contributed by atoms with Crippen LogP contribution in [-0.2, 0) is 13.1 Å². The average Bonchev–Trinajstić information content (AvgIpc) is 2.82. The van der Waals surface area contributed by atoms with Crippen LogP contribution in [0.25, 0.3) is 11.1 Å². The Balaban J connectivity index is 2.17. The van der Waals surface area contributed by atoms with Gasteiger partial charge >= 0.3 is 0 Å². The number of hydrogen-bond acceptors (Lipinski definition) is 4. The summed E-state index contributed by atoms with van der Waals surface area (Å²) < 4.78 is 15.0. The van der Waals surface area contributed by atoms with E-state index in [2.05, 4.69) is 10.4 Å². The monoisotopic (exact) mass is 262 g/mol. The molecule has 2 aromatic rings. The molecule has 1 aromatic heterocycles. The molecule has 19 heavy (non-hydrogen) atoms. The standard InChI is InChI=1S/C12H11FN4O2/c13-8-1-2-9(11(5-8)17(18)19)10-6-15-16-4-3-14-7-12(10)16/h1-2,5-6,14H,3-4,7H2. The van der Waals surface area contributed by atoms with Gasteiger partial charge in [-0.15, -0.1) is 0 Å². The molecular formula is C12H11FN4O2. The zero-order valence-electron chi connectivity index (χ0n) is 9.97. The van der Waals surface area contributed by atoms with Crippen LogP contribution in [0.15, 0.2) is 24.4 Å². The van der Waals surface area contributed by atoms with Crippen molar-refractivity contribution in [2.24, 2.45) is 0 Å². The van der Waals surface area contributed by atoms with E-state index in [1.165, 1.54) is 12.1 Å². The first kappa shape index (κ1) is 11.8. The molecule has 98 valence electrons. The summed E-state index contributed by atoms with van der Waals surface area (Å²) in [6.45, 7) is 2.15. The van der Waals surface area contributed by atoms with Gasteiger partial charge in [-0.2, -0.15) is 5.10 Å². The van der Waals surface area contributed by atoms with Crippen molar-refractivity contribution in [2.75, 3.05) is 6.54 Å². The third-order valence-electron chi connectivity index (χ3n) is 3.19. The van der Waals surface area contributed by atoms with E-state index in [-0.39, 0.29) is 5.69 Å². The van der Waals surface area contributed by atoms with E-state index < -0.39 is 10.7 Å². The number of aromatic nitrogens is 2. The van der Waals surface area contributed by atoms with Crippen LogP contribution in [0.4, 0.5) is 10.1 Å². The quantitative estimate of drug-likeness (QED) is 0.660. The molecule has 0 aliphatic carbocycles. The van der Waals surface area contributed by atoms with Crippen molar-refractivity contribution in [2.45, 2.75) is 13.1 Å². The molecule has 7 heteroatoms. The van der Waals surface area contributed by atoms with Crippen molar-refractivity contribution < 1.29 is 9.31 Å². The van der Waals surface area contributed by atoms with E-state index in [9.17, 15) is 14.5 Å². The van der Waals surface area contributed by atoms with Crippen LogP contribution in [-0.4, -0.2) is 21.2 Å². The molecule has 1 aromatic carbocycles. The van der Waals surface area contributed by atoms with E-state index in [1.54, 1.807) is 6.20 Å². The maximum Gasteiger partial charge on any atom is 0.280 e. The van der Waals surface area contributed by atoms with Crippen LogP contribution in [0.1, 0.15) is 5.69 Å². The summed E-state index contributed by atoms with van der Waals surface area (Å²) in [6.07, 6.45) is 1.60. The van der Waals surface area contributed by atoms with E-state index in [1.807, 2.05) is 4.68 Å². The SMILES string of the molecule is O=[N+]([O-])c1cc(F)ccc1-c1cnn2c1CNCC2. The lowest BCUT2D eigenvalue weighted by molar-refractivity contribution is -0.384. The van der Waals surface area contributed by atoms with Crippen LogP contribution in [0.5, 0.6) is 0 Å². The van der Waals surface area contributed by atoms with E-state index in [0.29, 0.717) is 17.7 Å². The van der Waals surface area contributed by atoms with Crippen LogP contribution in [0.2, 0.25) is 0 Å². The number of fused-ring (bicyclic) bond motifs is 1. The van der Waals surface area contributed by atoms with Gasteiger partial charge in [0.2, 0.25) is 0 Å². The molecule has 0 amide bonds. The summed E-state index contributed by atoms with van der Waals surface area (Å²) in [6, 6.07) is 3.60. The highest BCUT2D eigenvalue weighted by atomic mass is 19.1. The number of nitrogens with zero attached hydrogens (tertiary/aromatic N) is 3. The summed E-state index contributed by atoms with van der Waals surface area (Å²) in [4.78, 5) is 10.5. The second-order valence-corrected chi connectivity index (χ2v) is 4.32. The largest absolute Gasteiger partial charge is 0.309 e. The van der Waals surface area contributed by atoms with Gasteiger partial charge in [-0.25, -0.2) is 4.39 Å². The molecule has 6 nitrogen and oxygen atoms in total. The highest BCUT2D eigenvalue weighted by Gasteiger charge is 2.22. The number of nitro groups is 1. The van der Waals surface area contributed by atoms with Gasteiger partial charge in [-0.3, -0.25) is 14.8 Å². The highest BCUT2D eigenvalue weighted by Crippen LogP contribution is 2.33. The maximum absolute atomic E-state index is 13.2. The molecule has 1 aliphatic heterocycles. The zero-order chi connectivity index (χ0) is 13.4. The first-order valence-corrected chi connectivity index (χ1v) is 5.86. The second kappa shape index (κ2) is 4.43. The van der Waals surface area contributed by atoms with Crippen molar-refractivity contribution in [3.05, 3.63) is 46.0 Å². The fourth-order valence-corrected chi connectivity index (χ4v) is 2.29. The molecular weight excluding hydrogens is 251 g/mol. The lowest BCUT2D eigenvalue weighted by atomic mass is 10.0. The molecule has 0 atom stereocenters. The van der Waals surface area contributed by atoms with Gasteiger partial charge in [0.15, 0.2) is 0 Å². The fourth-order valence-electron chi connectivity index (χ4n) is 2.29. The number of hydrogen-bond donors (Lipinski definition) is 1. The van der Waals surface area contributed by atoms with Gasteiger partial charge in [0, 0.05) is 18.7 Å². The van der Waals surface area contributed by atoms with Gasteiger partial charge < -0.3 is 5.32 Å². The minimum atomic E-state index is -0.616. The van der Waals surface area contributed by atoms with Gasteiger partial charge in [0.05, 0.1) is 35.0 Å². The van der Waals surface area contributed by atoms with Gasteiger partial charge in [0.25, 0.3) is 5.69 Å². The summed E-state index contributed by atoms with van der Waals surface area (Å²) in [5, 5.41) is 18.4. The predicted molar refractivity (Wildman–Crippen MR) is 66.0 cm³/mol. The first-order valence-electron chi connectivity index (χ1n) is 5.86. The highest BCUT2D eigenvalue weighted by molar-refractivity contribution is 5.75. The minimum absolute atomic E-state index is 0.235. The predicted octanol–water partition coefficient (Wildman–Crippen LogP) is 1.70. The molecule has 3 rings (SSSR count). The third kappa shape index (κ3) is 1.97. The van der Waals surface area contributed by atoms with Gasteiger partial charge in [-0.1, -0.05) is 0 Å². The second-order valence-electron chi connectivity index (χ2n) is 4.32. The van der Waals surface area contributed by atoms with Crippen molar-refractivity contribution in [1.82, 2.24) is 15.1 Å². The molecule has 0 saturated heterocycles. The fraction of sp³-hybridized carbons (Fsp3) is 0.250.